The molecule has 0 fully saturated rings. The monoisotopic (exact) mass is 245 g/mol. The smallest absolute Gasteiger partial charge is 0.0743 e. The van der Waals surface area contributed by atoms with E-state index in [0.29, 0.717) is 12.6 Å². The zero-order valence-corrected chi connectivity index (χ0v) is 11.1. The number of anilines is 2. The van der Waals surface area contributed by atoms with E-state index in [1.165, 1.54) is 0 Å². The molecule has 4 nitrogen and oxygen atoms in total. The minimum Gasteiger partial charge on any atom is -0.399 e. The molecule has 0 spiro atoms. The van der Waals surface area contributed by atoms with Gasteiger partial charge >= 0.3 is 0 Å². The second kappa shape index (κ2) is 5.23. The number of ether oxygens (including phenoxy) is 1. The maximum atomic E-state index is 5.78. The van der Waals surface area contributed by atoms with E-state index < -0.39 is 0 Å². The lowest BCUT2D eigenvalue weighted by Gasteiger charge is -2.27. The summed E-state index contributed by atoms with van der Waals surface area (Å²) in [6.45, 7) is 2.82. The molecular weight excluding hydrogens is 226 g/mol. The van der Waals surface area contributed by atoms with Crippen LogP contribution in [0.5, 0.6) is 0 Å². The molecule has 1 aromatic heterocycles. The van der Waals surface area contributed by atoms with Gasteiger partial charge in [0.15, 0.2) is 0 Å². The van der Waals surface area contributed by atoms with E-state index >= 15 is 0 Å². The Hall–Kier alpha value is -1.81. The number of rotatable bonds is 4. The van der Waals surface area contributed by atoms with Crippen LogP contribution in [0.15, 0.2) is 30.5 Å². The molecule has 2 rings (SSSR count). The first-order chi connectivity index (χ1) is 8.63. The highest BCUT2D eigenvalue weighted by Crippen LogP contribution is 2.27. The second-order valence-corrected chi connectivity index (χ2v) is 4.52. The van der Waals surface area contributed by atoms with E-state index in [-0.39, 0.29) is 0 Å². The molecule has 2 N–H and O–H groups in total. The van der Waals surface area contributed by atoms with Gasteiger partial charge in [-0.15, -0.1) is 0 Å². The van der Waals surface area contributed by atoms with E-state index in [2.05, 4.69) is 23.9 Å². The Morgan fingerprint density at radius 3 is 2.89 bits per heavy atom. The predicted octanol–water partition coefficient (Wildman–Crippen LogP) is 2.29. The summed E-state index contributed by atoms with van der Waals surface area (Å²) in [5.41, 5.74) is 8.58. The average molecular weight is 245 g/mol. The summed E-state index contributed by atoms with van der Waals surface area (Å²) >= 11 is 0. The Morgan fingerprint density at radius 1 is 1.39 bits per heavy atom. The van der Waals surface area contributed by atoms with Gasteiger partial charge in [-0.05, 0) is 31.2 Å². The van der Waals surface area contributed by atoms with E-state index in [1.807, 2.05) is 30.5 Å². The maximum absolute atomic E-state index is 5.78. The van der Waals surface area contributed by atoms with Gasteiger partial charge in [-0.1, -0.05) is 0 Å². The Balaban J connectivity index is 2.44. The molecular formula is C14H19N3O. The minimum atomic E-state index is 0.304. The molecule has 0 saturated heterocycles. The Bertz CT molecular complexity index is 542. The first kappa shape index (κ1) is 12.6. The van der Waals surface area contributed by atoms with Crippen LogP contribution in [-0.2, 0) is 4.74 Å². The van der Waals surface area contributed by atoms with Crippen molar-refractivity contribution < 1.29 is 4.74 Å². The molecule has 0 amide bonds. The number of pyridine rings is 1. The molecule has 0 aliphatic rings. The van der Waals surface area contributed by atoms with Gasteiger partial charge in [0.05, 0.1) is 12.1 Å². The fourth-order valence-electron chi connectivity index (χ4n) is 2.05. The van der Waals surface area contributed by atoms with Crippen LogP contribution in [0.3, 0.4) is 0 Å². The van der Waals surface area contributed by atoms with Crippen LogP contribution in [-0.4, -0.2) is 31.8 Å². The molecule has 0 bridgehead atoms. The lowest BCUT2D eigenvalue weighted by Crippen LogP contribution is -2.32. The number of nitrogen functional groups attached to an aromatic ring is 1. The van der Waals surface area contributed by atoms with Gasteiger partial charge in [-0.25, -0.2) is 0 Å². The largest absolute Gasteiger partial charge is 0.399 e. The molecule has 1 heterocycles. The van der Waals surface area contributed by atoms with Crippen LogP contribution in [0.25, 0.3) is 10.9 Å². The summed E-state index contributed by atoms with van der Waals surface area (Å²) in [5, 5.41) is 1.11. The number of methoxy groups -OCH3 is 1. The molecule has 0 aliphatic heterocycles. The quantitative estimate of drug-likeness (QED) is 0.840. The summed E-state index contributed by atoms with van der Waals surface area (Å²) in [4.78, 5) is 6.55. The van der Waals surface area contributed by atoms with Gasteiger partial charge in [0.25, 0.3) is 0 Å². The maximum Gasteiger partial charge on any atom is 0.0743 e. The van der Waals surface area contributed by atoms with Crippen molar-refractivity contribution in [3.8, 4) is 0 Å². The first-order valence-corrected chi connectivity index (χ1v) is 5.99. The fraction of sp³-hybridized carbons (Fsp3) is 0.357. The lowest BCUT2D eigenvalue weighted by molar-refractivity contribution is 0.183. The molecule has 96 valence electrons. The Kier molecular flexibility index (Phi) is 3.67. The minimum absolute atomic E-state index is 0.304. The lowest BCUT2D eigenvalue weighted by atomic mass is 10.1. The summed E-state index contributed by atoms with van der Waals surface area (Å²) in [6, 6.07) is 8.14. The number of benzene rings is 1. The fourth-order valence-corrected chi connectivity index (χ4v) is 2.05. The number of aromatic nitrogens is 1. The third kappa shape index (κ3) is 2.38. The average Bonchev–Trinajstić information content (AvgIpc) is 2.37. The zero-order chi connectivity index (χ0) is 13.1. The van der Waals surface area contributed by atoms with Crippen molar-refractivity contribution in [3.63, 3.8) is 0 Å². The SMILES string of the molecule is COCC(C)N(C)c1ccnc2cc(N)ccc12. The summed E-state index contributed by atoms with van der Waals surface area (Å²) in [6.07, 6.45) is 1.81. The van der Waals surface area contributed by atoms with Gasteiger partial charge in [-0.2, -0.15) is 0 Å². The highest BCUT2D eigenvalue weighted by molar-refractivity contribution is 5.93. The highest BCUT2D eigenvalue weighted by atomic mass is 16.5. The molecule has 4 heteroatoms. The van der Waals surface area contributed by atoms with Crippen molar-refractivity contribution in [2.75, 3.05) is 31.4 Å². The summed E-state index contributed by atoms with van der Waals surface area (Å²) < 4.78 is 5.20. The molecule has 0 radical (unpaired) electrons. The highest BCUT2D eigenvalue weighted by Gasteiger charge is 2.12. The van der Waals surface area contributed by atoms with Crippen molar-refractivity contribution in [2.24, 2.45) is 0 Å². The van der Waals surface area contributed by atoms with Crippen LogP contribution in [0.4, 0.5) is 11.4 Å². The van der Waals surface area contributed by atoms with Crippen molar-refractivity contribution in [2.45, 2.75) is 13.0 Å². The molecule has 0 saturated carbocycles. The van der Waals surface area contributed by atoms with E-state index in [0.717, 1.165) is 22.3 Å². The van der Waals surface area contributed by atoms with E-state index in [9.17, 15) is 0 Å². The number of hydrogen-bond acceptors (Lipinski definition) is 4. The zero-order valence-electron chi connectivity index (χ0n) is 11.1. The van der Waals surface area contributed by atoms with Crippen LogP contribution >= 0.6 is 0 Å². The van der Waals surface area contributed by atoms with E-state index in [1.54, 1.807) is 7.11 Å². The Labute approximate surface area is 107 Å². The van der Waals surface area contributed by atoms with Crippen LogP contribution in [0, 0.1) is 0 Å². The summed E-state index contributed by atoms with van der Waals surface area (Å²) in [7, 11) is 3.78. The molecule has 1 aromatic carbocycles. The number of hydrogen-bond donors (Lipinski definition) is 1. The van der Waals surface area contributed by atoms with Crippen LogP contribution in [0.2, 0.25) is 0 Å². The van der Waals surface area contributed by atoms with Crippen molar-refractivity contribution >= 4 is 22.3 Å². The molecule has 18 heavy (non-hydrogen) atoms. The topological polar surface area (TPSA) is 51.4 Å². The number of nitrogens with zero attached hydrogens (tertiary/aromatic N) is 2. The third-order valence-corrected chi connectivity index (χ3v) is 3.19. The number of likely N-dealkylation sites (N-methyl/N-ethyl adjacent to an activating group) is 1. The van der Waals surface area contributed by atoms with Gasteiger partial charge in [0.1, 0.15) is 0 Å². The predicted molar refractivity (Wildman–Crippen MR) is 75.9 cm³/mol. The van der Waals surface area contributed by atoms with Gasteiger partial charge in [0.2, 0.25) is 0 Å². The third-order valence-electron chi connectivity index (χ3n) is 3.19. The second-order valence-electron chi connectivity index (χ2n) is 4.52. The van der Waals surface area contributed by atoms with Crippen molar-refractivity contribution in [1.29, 1.82) is 0 Å². The Morgan fingerprint density at radius 2 is 2.17 bits per heavy atom. The van der Waals surface area contributed by atoms with Gasteiger partial charge in [0, 0.05) is 43.2 Å². The molecule has 1 atom stereocenters. The standard InChI is InChI=1S/C14H19N3O/c1-10(9-18-3)17(2)14-6-7-16-13-8-11(15)4-5-12(13)14/h4-8,10H,9,15H2,1-3H3. The van der Waals surface area contributed by atoms with E-state index in [4.69, 9.17) is 10.5 Å². The van der Waals surface area contributed by atoms with Gasteiger partial charge < -0.3 is 15.4 Å². The number of nitrogens with two attached hydrogens (primary N) is 1. The molecule has 1 unspecified atom stereocenters. The van der Waals surface area contributed by atoms with Gasteiger partial charge in [-0.3, -0.25) is 4.98 Å². The molecule has 2 aromatic rings. The molecule has 0 aliphatic carbocycles. The normalized spacial score (nSPS) is 12.6. The van der Waals surface area contributed by atoms with Crippen molar-refractivity contribution in [1.82, 2.24) is 4.98 Å². The van der Waals surface area contributed by atoms with Crippen LogP contribution in [0.1, 0.15) is 6.92 Å². The first-order valence-electron chi connectivity index (χ1n) is 5.99. The summed E-state index contributed by atoms with van der Waals surface area (Å²) in [5.74, 6) is 0. The number of fused-ring (bicyclic) bond motifs is 1. The van der Waals surface area contributed by atoms with Crippen LogP contribution < -0.4 is 10.6 Å². The van der Waals surface area contributed by atoms with Crippen molar-refractivity contribution in [3.05, 3.63) is 30.5 Å².